The molecule has 0 radical (unpaired) electrons. The molecule has 1 aliphatic rings. The van der Waals surface area contributed by atoms with Crippen LogP contribution in [0.4, 0.5) is 5.69 Å². The van der Waals surface area contributed by atoms with Crippen molar-refractivity contribution in [3.05, 3.63) is 63.8 Å². The van der Waals surface area contributed by atoms with Gasteiger partial charge in [-0.05, 0) is 25.1 Å². The molecular formula is C21H16Cl2N5O2Rb. The maximum atomic E-state index is 6.26. The summed E-state index contributed by atoms with van der Waals surface area (Å²) in [5.74, 6) is 1.22. The number of aromatic amines is 1. The van der Waals surface area contributed by atoms with Crippen LogP contribution in [-0.4, -0.2) is 33.3 Å². The number of fused-ring (bicyclic) bond motifs is 2. The molecule has 10 heteroatoms. The zero-order valence-corrected chi connectivity index (χ0v) is 23.3. The van der Waals surface area contributed by atoms with E-state index >= 15 is 0 Å². The number of hydrogen-bond donors (Lipinski definition) is 1. The van der Waals surface area contributed by atoms with Crippen LogP contribution in [0.1, 0.15) is 18.6 Å². The largest absolute Gasteiger partial charge is 1.00 e. The van der Waals surface area contributed by atoms with Crippen LogP contribution in [0.15, 0.2) is 42.9 Å². The first-order valence-corrected chi connectivity index (χ1v) is 10.1. The third-order valence-corrected chi connectivity index (χ3v) is 5.46. The van der Waals surface area contributed by atoms with Gasteiger partial charge in [0.1, 0.15) is 17.5 Å². The molecule has 0 aliphatic carbocycles. The molecule has 0 unspecified atom stereocenters. The summed E-state index contributed by atoms with van der Waals surface area (Å²) in [6, 6.07) is 7.66. The van der Waals surface area contributed by atoms with Gasteiger partial charge in [-0.15, -0.1) is 0 Å². The first-order chi connectivity index (χ1) is 14.6. The van der Waals surface area contributed by atoms with Crippen LogP contribution in [0, 0.1) is 0 Å². The van der Waals surface area contributed by atoms with Crippen molar-refractivity contribution in [3.8, 4) is 22.9 Å². The van der Waals surface area contributed by atoms with Crippen LogP contribution in [0.2, 0.25) is 10.0 Å². The second-order valence-corrected chi connectivity index (χ2v) is 7.65. The fourth-order valence-corrected chi connectivity index (χ4v) is 4.13. The van der Waals surface area contributed by atoms with Gasteiger partial charge in [-0.3, -0.25) is 10.1 Å². The summed E-state index contributed by atoms with van der Waals surface area (Å²) in [6.07, 6.45) is 4.49. The van der Waals surface area contributed by atoms with Crippen molar-refractivity contribution in [2.24, 2.45) is 0 Å². The Balaban J connectivity index is 0.00000231. The third kappa shape index (κ3) is 4.63. The number of nitrogens with zero attached hydrogens (tertiary/aromatic N) is 4. The van der Waals surface area contributed by atoms with Gasteiger partial charge in [-0.25, -0.2) is 4.98 Å². The molecule has 4 heterocycles. The molecule has 1 aliphatic heterocycles. The molecule has 1 atom stereocenters. The number of nitrogens with one attached hydrogen (secondary N) is 1. The van der Waals surface area contributed by atoms with Crippen LogP contribution in [-0.2, 0) is 0 Å². The summed E-state index contributed by atoms with van der Waals surface area (Å²) in [4.78, 5) is 8.36. The van der Waals surface area contributed by atoms with E-state index in [0.29, 0.717) is 40.4 Å². The molecule has 0 saturated heterocycles. The molecule has 152 valence electrons. The van der Waals surface area contributed by atoms with Crippen LogP contribution in [0.5, 0.6) is 11.6 Å². The first kappa shape index (κ1) is 23.0. The van der Waals surface area contributed by atoms with E-state index in [-0.39, 0.29) is 64.3 Å². The predicted octanol–water partition coefficient (Wildman–Crippen LogP) is 2.87. The van der Waals surface area contributed by atoms with E-state index in [9.17, 15) is 0 Å². The average molecular weight is 527 g/mol. The van der Waals surface area contributed by atoms with Gasteiger partial charge in [0.25, 0.3) is 0 Å². The zero-order chi connectivity index (χ0) is 20.7. The van der Waals surface area contributed by atoms with E-state index in [2.05, 4.69) is 25.5 Å². The van der Waals surface area contributed by atoms with Crippen molar-refractivity contribution in [2.45, 2.75) is 13.0 Å². The molecule has 0 spiro atoms. The minimum atomic E-state index is -0.359. The summed E-state index contributed by atoms with van der Waals surface area (Å²) < 4.78 is 11.7. The molecule has 0 fully saturated rings. The van der Waals surface area contributed by atoms with E-state index in [1.165, 1.54) is 0 Å². The van der Waals surface area contributed by atoms with E-state index in [4.69, 9.17) is 32.7 Å². The Morgan fingerprint density at radius 2 is 1.97 bits per heavy atom. The summed E-state index contributed by atoms with van der Waals surface area (Å²) in [6.45, 7) is 3.06. The number of H-pyrrole nitrogens is 1. The Labute approximate surface area is 237 Å². The quantitative estimate of drug-likeness (QED) is 0.442. The van der Waals surface area contributed by atoms with E-state index in [1.54, 1.807) is 18.6 Å². The standard InChI is InChI=1S/C21H16Cl2N5O2.Rb/c1-11(19-15(22)9-24-10-16(19)23)30-13-2-3-17-14(7-13)20(28-27-17)12-6-18-21(26-8-12)29-5-4-25-18;/h2-3,6-11H,4-5H2,1H3,(H,27,28);/q-1;+1/t11-;/m1./s1. The Morgan fingerprint density at radius 3 is 2.77 bits per heavy atom. The molecule has 1 aromatic carbocycles. The number of halogens is 2. The Kier molecular flexibility index (Phi) is 7.20. The molecule has 7 nitrogen and oxygen atoms in total. The smallest absolute Gasteiger partial charge is 0.677 e. The number of pyridine rings is 2. The molecule has 0 amide bonds. The van der Waals surface area contributed by atoms with Gasteiger partial charge in [-0.1, -0.05) is 41.5 Å². The van der Waals surface area contributed by atoms with Crippen LogP contribution in [0.25, 0.3) is 27.5 Å². The van der Waals surface area contributed by atoms with Crippen molar-refractivity contribution < 1.29 is 67.7 Å². The molecular weight excluding hydrogens is 511 g/mol. The number of aromatic nitrogens is 4. The van der Waals surface area contributed by atoms with Gasteiger partial charge < -0.3 is 14.8 Å². The summed E-state index contributed by atoms with van der Waals surface area (Å²) >= 11 is 12.5. The fraction of sp³-hybridized carbons (Fsp3) is 0.190. The molecule has 4 aromatic rings. The van der Waals surface area contributed by atoms with Gasteiger partial charge >= 0.3 is 58.2 Å². The molecule has 31 heavy (non-hydrogen) atoms. The van der Waals surface area contributed by atoms with Gasteiger partial charge in [-0.2, -0.15) is 5.10 Å². The normalized spacial score (nSPS) is 13.5. The number of rotatable bonds is 4. The minimum Gasteiger partial charge on any atom is -0.677 e. The fourth-order valence-electron chi connectivity index (χ4n) is 3.46. The topological polar surface area (TPSA) is 87.0 Å². The number of hydrogen-bond acceptors (Lipinski definition) is 5. The van der Waals surface area contributed by atoms with E-state index in [0.717, 1.165) is 27.8 Å². The van der Waals surface area contributed by atoms with E-state index < -0.39 is 0 Å². The SMILES string of the molecule is C[C@@H](Oc1ccc2[nH]nc(-c3cnc4c(c3)[N-]CCO4)c2c1)c1c(Cl)cncc1Cl.[Rb+]. The van der Waals surface area contributed by atoms with Crippen molar-refractivity contribution in [1.82, 2.24) is 20.2 Å². The summed E-state index contributed by atoms with van der Waals surface area (Å²) in [5.41, 5.74) is 3.92. The predicted molar refractivity (Wildman–Crippen MR) is 116 cm³/mol. The molecule has 3 aromatic heterocycles. The molecule has 0 bridgehead atoms. The first-order valence-electron chi connectivity index (χ1n) is 9.34. The van der Waals surface area contributed by atoms with Gasteiger partial charge in [0.15, 0.2) is 5.88 Å². The summed E-state index contributed by atoms with van der Waals surface area (Å²) in [5, 5.41) is 13.8. The second kappa shape index (κ2) is 9.73. The number of ether oxygens (including phenoxy) is 2. The third-order valence-electron chi connectivity index (χ3n) is 4.86. The Morgan fingerprint density at radius 1 is 1.16 bits per heavy atom. The molecule has 1 N–H and O–H groups in total. The van der Waals surface area contributed by atoms with Crippen molar-refractivity contribution in [3.63, 3.8) is 0 Å². The van der Waals surface area contributed by atoms with Crippen LogP contribution >= 0.6 is 23.2 Å². The second-order valence-electron chi connectivity index (χ2n) is 6.83. The van der Waals surface area contributed by atoms with Crippen molar-refractivity contribution in [1.29, 1.82) is 0 Å². The molecule has 0 saturated carbocycles. The van der Waals surface area contributed by atoms with Crippen molar-refractivity contribution in [2.75, 3.05) is 13.2 Å². The monoisotopic (exact) mass is 525 g/mol. The van der Waals surface area contributed by atoms with Gasteiger partial charge in [0, 0.05) is 35.1 Å². The Hall–Kier alpha value is -1.22. The maximum Gasteiger partial charge on any atom is 1.00 e. The average Bonchev–Trinajstić information content (AvgIpc) is 3.16. The Bertz CT molecular complexity index is 1230. The van der Waals surface area contributed by atoms with E-state index in [1.807, 2.05) is 31.2 Å². The summed E-state index contributed by atoms with van der Waals surface area (Å²) in [7, 11) is 0. The number of benzene rings is 1. The maximum absolute atomic E-state index is 6.26. The molecule has 5 rings (SSSR count). The van der Waals surface area contributed by atoms with Gasteiger partial charge in [0.05, 0.1) is 22.2 Å². The van der Waals surface area contributed by atoms with Crippen LogP contribution in [0.3, 0.4) is 0 Å². The minimum absolute atomic E-state index is 0. The van der Waals surface area contributed by atoms with Gasteiger partial charge in [0.2, 0.25) is 0 Å². The zero-order valence-electron chi connectivity index (χ0n) is 16.9. The van der Waals surface area contributed by atoms with Crippen LogP contribution < -0.4 is 67.7 Å². The van der Waals surface area contributed by atoms with Crippen molar-refractivity contribution >= 4 is 39.8 Å².